The summed E-state index contributed by atoms with van der Waals surface area (Å²) >= 11 is 0. The maximum Gasteiger partial charge on any atom is 0.122 e. The average Bonchev–Trinajstić information content (AvgIpc) is 2.24. The van der Waals surface area contributed by atoms with Crippen LogP contribution in [0.25, 0.3) is 0 Å². The van der Waals surface area contributed by atoms with Gasteiger partial charge in [-0.2, -0.15) is 0 Å². The lowest BCUT2D eigenvalue weighted by molar-refractivity contribution is 0.249. The zero-order valence-corrected chi connectivity index (χ0v) is 10.4. The predicted octanol–water partition coefficient (Wildman–Crippen LogP) is 3.16. The van der Waals surface area contributed by atoms with E-state index in [0.29, 0.717) is 5.92 Å². The summed E-state index contributed by atoms with van der Waals surface area (Å²) < 4.78 is 5.46. The molecule has 88 valence electrons. The molecule has 1 saturated carbocycles. The molecule has 2 heteroatoms. The van der Waals surface area contributed by atoms with Crippen molar-refractivity contribution in [3.8, 4) is 5.75 Å². The van der Waals surface area contributed by atoms with Gasteiger partial charge in [-0.05, 0) is 36.8 Å². The van der Waals surface area contributed by atoms with Gasteiger partial charge in [0.2, 0.25) is 0 Å². The second-order valence-corrected chi connectivity index (χ2v) is 5.09. The Hall–Kier alpha value is -1.02. The van der Waals surface area contributed by atoms with Crippen LogP contribution in [0.4, 0.5) is 0 Å². The average molecular weight is 219 g/mol. The van der Waals surface area contributed by atoms with Crippen LogP contribution in [0.1, 0.15) is 50.2 Å². The Bertz CT molecular complexity index is 380. The molecule has 1 aromatic rings. The number of ether oxygens (including phenoxy) is 1. The summed E-state index contributed by atoms with van der Waals surface area (Å²) in [7, 11) is 1.73. The molecule has 0 saturated heterocycles. The molecule has 2 N–H and O–H groups in total. The first-order chi connectivity index (χ1) is 7.58. The van der Waals surface area contributed by atoms with E-state index in [0.717, 1.165) is 18.6 Å². The molecule has 2 rings (SSSR count). The van der Waals surface area contributed by atoms with Crippen molar-refractivity contribution in [3.05, 3.63) is 29.3 Å². The Morgan fingerprint density at radius 1 is 1.31 bits per heavy atom. The van der Waals surface area contributed by atoms with Crippen LogP contribution in [0.5, 0.6) is 5.75 Å². The quantitative estimate of drug-likeness (QED) is 0.847. The summed E-state index contributed by atoms with van der Waals surface area (Å²) in [6, 6.07) is 6.24. The number of rotatable bonds is 3. The molecular formula is C14H21NO. The summed E-state index contributed by atoms with van der Waals surface area (Å²) in [4.78, 5) is 0. The molecule has 1 aliphatic rings. The third-order valence-corrected chi connectivity index (χ3v) is 3.65. The van der Waals surface area contributed by atoms with Crippen molar-refractivity contribution in [2.45, 2.75) is 44.6 Å². The number of nitrogens with two attached hydrogens (primary N) is 1. The van der Waals surface area contributed by atoms with Crippen molar-refractivity contribution in [2.24, 2.45) is 5.73 Å². The monoisotopic (exact) mass is 219 g/mol. The first-order valence-corrected chi connectivity index (χ1v) is 6.05. The van der Waals surface area contributed by atoms with Crippen molar-refractivity contribution in [2.75, 3.05) is 7.11 Å². The highest BCUT2D eigenvalue weighted by Gasteiger charge is 2.37. The van der Waals surface area contributed by atoms with Crippen molar-refractivity contribution in [3.63, 3.8) is 0 Å². The third-order valence-electron chi connectivity index (χ3n) is 3.65. The minimum absolute atomic E-state index is 0.103. The standard InChI is InChI=1S/C14H21NO/c1-10(2)13-11(14(15)8-5-9-14)6-4-7-12(13)16-3/h4,6-7,10H,5,8-9,15H2,1-3H3. The third kappa shape index (κ3) is 1.71. The van der Waals surface area contributed by atoms with Crippen molar-refractivity contribution < 1.29 is 4.74 Å². The highest BCUT2D eigenvalue weighted by atomic mass is 16.5. The van der Waals surface area contributed by atoms with Gasteiger partial charge in [0.25, 0.3) is 0 Å². The molecule has 0 amide bonds. The van der Waals surface area contributed by atoms with Gasteiger partial charge in [-0.3, -0.25) is 0 Å². The van der Waals surface area contributed by atoms with Crippen LogP contribution in [-0.4, -0.2) is 7.11 Å². The summed E-state index contributed by atoms with van der Waals surface area (Å²) in [6.45, 7) is 4.40. The number of methoxy groups -OCH3 is 1. The lowest BCUT2D eigenvalue weighted by Crippen LogP contribution is -2.44. The smallest absolute Gasteiger partial charge is 0.122 e. The van der Waals surface area contributed by atoms with Gasteiger partial charge >= 0.3 is 0 Å². The molecule has 0 bridgehead atoms. The van der Waals surface area contributed by atoms with Crippen LogP contribution in [0.2, 0.25) is 0 Å². The fraction of sp³-hybridized carbons (Fsp3) is 0.571. The minimum Gasteiger partial charge on any atom is -0.496 e. The normalized spacial score (nSPS) is 18.3. The first-order valence-electron chi connectivity index (χ1n) is 6.05. The van der Waals surface area contributed by atoms with Gasteiger partial charge in [0, 0.05) is 11.1 Å². The van der Waals surface area contributed by atoms with Gasteiger partial charge < -0.3 is 10.5 Å². The van der Waals surface area contributed by atoms with Gasteiger partial charge in [0.05, 0.1) is 7.11 Å². The Labute approximate surface area is 97.8 Å². The molecule has 1 aromatic carbocycles. The van der Waals surface area contributed by atoms with Gasteiger partial charge in [0.1, 0.15) is 5.75 Å². The Morgan fingerprint density at radius 2 is 2.00 bits per heavy atom. The van der Waals surface area contributed by atoms with Gasteiger partial charge in [-0.15, -0.1) is 0 Å². The Kier molecular flexibility index (Phi) is 2.94. The van der Waals surface area contributed by atoms with Crippen LogP contribution in [0.15, 0.2) is 18.2 Å². The fourth-order valence-electron chi connectivity index (χ4n) is 2.58. The van der Waals surface area contributed by atoms with Crippen molar-refractivity contribution in [1.82, 2.24) is 0 Å². The highest BCUT2D eigenvalue weighted by Crippen LogP contribution is 2.44. The Morgan fingerprint density at radius 3 is 2.44 bits per heavy atom. The molecule has 1 fully saturated rings. The molecular weight excluding hydrogens is 198 g/mol. The van der Waals surface area contributed by atoms with E-state index in [4.69, 9.17) is 10.5 Å². The summed E-state index contributed by atoms with van der Waals surface area (Å²) in [5.41, 5.74) is 8.90. The van der Waals surface area contributed by atoms with Gasteiger partial charge in [-0.25, -0.2) is 0 Å². The summed E-state index contributed by atoms with van der Waals surface area (Å²) in [5.74, 6) is 1.43. The molecule has 0 spiro atoms. The van der Waals surface area contributed by atoms with Crippen molar-refractivity contribution in [1.29, 1.82) is 0 Å². The van der Waals surface area contributed by atoms with E-state index in [9.17, 15) is 0 Å². The van der Waals surface area contributed by atoms with E-state index < -0.39 is 0 Å². The second kappa shape index (κ2) is 4.10. The predicted molar refractivity (Wildman–Crippen MR) is 66.8 cm³/mol. The molecule has 16 heavy (non-hydrogen) atoms. The molecule has 0 aliphatic heterocycles. The lowest BCUT2D eigenvalue weighted by Gasteiger charge is -2.40. The fourth-order valence-corrected chi connectivity index (χ4v) is 2.58. The number of benzene rings is 1. The van der Waals surface area contributed by atoms with E-state index in [1.807, 2.05) is 12.1 Å². The zero-order valence-electron chi connectivity index (χ0n) is 10.4. The maximum absolute atomic E-state index is 6.43. The summed E-state index contributed by atoms with van der Waals surface area (Å²) in [6.07, 6.45) is 3.44. The van der Waals surface area contributed by atoms with Crippen LogP contribution < -0.4 is 10.5 Å². The Balaban J connectivity index is 2.51. The van der Waals surface area contributed by atoms with Crippen LogP contribution >= 0.6 is 0 Å². The van der Waals surface area contributed by atoms with E-state index >= 15 is 0 Å². The lowest BCUT2D eigenvalue weighted by atomic mass is 9.70. The topological polar surface area (TPSA) is 35.2 Å². The molecule has 2 nitrogen and oxygen atoms in total. The molecule has 0 radical (unpaired) electrons. The van der Waals surface area contributed by atoms with Gasteiger partial charge in [0.15, 0.2) is 0 Å². The number of hydrogen-bond acceptors (Lipinski definition) is 2. The highest BCUT2D eigenvalue weighted by molar-refractivity contribution is 5.46. The van der Waals surface area contributed by atoms with Gasteiger partial charge in [-0.1, -0.05) is 26.0 Å². The number of hydrogen-bond donors (Lipinski definition) is 1. The van der Waals surface area contributed by atoms with E-state index in [2.05, 4.69) is 19.9 Å². The summed E-state index contributed by atoms with van der Waals surface area (Å²) in [5, 5.41) is 0. The second-order valence-electron chi connectivity index (χ2n) is 5.09. The maximum atomic E-state index is 6.43. The van der Waals surface area contributed by atoms with Crippen LogP contribution in [-0.2, 0) is 5.54 Å². The van der Waals surface area contributed by atoms with E-state index in [-0.39, 0.29) is 5.54 Å². The molecule has 0 unspecified atom stereocenters. The molecule has 0 atom stereocenters. The molecule has 1 aliphatic carbocycles. The largest absolute Gasteiger partial charge is 0.496 e. The molecule has 0 aromatic heterocycles. The van der Waals surface area contributed by atoms with E-state index in [1.165, 1.54) is 17.5 Å². The minimum atomic E-state index is -0.103. The molecule has 0 heterocycles. The van der Waals surface area contributed by atoms with Crippen molar-refractivity contribution >= 4 is 0 Å². The van der Waals surface area contributed by atoms with Crippen LogP contribution in [0.3, 0.4) is 0 Å². The van der Waals surface area contributed by atoms with E-state index in [1.54, 1.807) is 7.11 Å². The zero-order chi connectivity index (χ0) is 11.8. The SMILES string of the molecule is COc1cccc(C2(N)CCC2)c1C(C)C. The first kappa shape index (κ1) is 11.5. The van der Waals surface area contributed by atoms with Crippen LogP contribution in [0, 0.1) is 0 Å².